The van der Waals surface area contributed by atoms with Crippen molar-refractivity contribution in [3.8, 4) is 17.3 Å². The number of para-hydroxylation sites is 3. The fourth-order valence-electron chi connectivity index (χ4n) is 5.63. The number of aromatic nitrogens is 2. The highest BCUT2D eigenvalue weighted by molar-refractivity contribution is 6.09. The van der Waals surface area contributed by atoms with Crippen molar-refractivity contribution >= 4 is 38.9 Å². The molecule has 4 aromatic carbocycles. The summed E-state index contributed by atoms with van der Waals surface area (Å²) in [4.78, 5) is 7.86. The maximum absolute atomic E-state index is 8.16. The number of nitrogens with zero attached hydrogens (tertiary/aromatic N) is 4. The van der Waals surface area contributed by atoms with Crippen LogP contribution in [0.2, 0.25) is 0 Å². The van der Waals surface area contributed by atoms with Crippen LogP contribution in [0, 0.1) is 13.7 Å². The van der Waals surface area contributed by atoms with E-state index in [1.165, 1.54) is 11.0 Å². The minimum atomic E-state index is -2.68. The second kappa shape index (κ2) is 9.66. The SMILES string of the molecule is [2H]C([2H])([2H])c1cnc(-n2c3ccccc3c3ccc(Oc4cc(N5CN(C([2H])([2H])[2H])c6ccccc65)cc(C(C)(C)C)c4)cc32)cc1C([2H])([2H])[2H]. The molecule has 0 saturated carbocycles. The van der Waals surface area contributed by atoms with Gasteiger partial charge in [0.2, 0.25) is 0 Å². The van der Waals surface area contributed by atoms with Gasteiger partial charge in [-0.15, -0.1) is 0 Å². The Balaban J connectivity index is 1.36. The quantitative estimate of drug-likeness (QED) is 0.215. The number of hydrogen-bond acceptors (Lipinski definition) is 4. The van der Waals surface area contributed by atoms with Crippen molar-refractivity contribution in [1.82, 2.24) is 9.55 Å². The van der Waals surface area contributed by atoms with E-state index in [2.05, 4.69) is 31.8 Å². The van der Waals surface area contributed by atoms with Crippen molar-refractivity contribution < 1.29 is 17.1 Å². The molecule has 5 nitrogen and oxygen atoms in total. The molecule has 6 aromatic rings. The average Bonchev–Trinajstić information content (AvgIpc) is 3.60. The Hall–Kier alpha value is -4.77. The van der Waals surface area contributed by atoms with Crippen LogP contribution in [0.3, 0.4) is 0 Å². The standard InChI is InChI=1S/C37H36N4O/c1-24-17-36(38-22-25(24)2)41-32-12-8-7-11-30(32)31-16-15-28(21-35(31)41)42-29-19-26(37(3,4)5)18-27(20-29)40-23-39(6)33-13-9-10-14-34(33)40/h7-22H,23H2,1-6H3/i1D3,2D3,6D3. The van der Waals surface area contributed by atoms with Crippen LogP contribution in [0.4, 0.5) is 17.1 Å². The van der Waals surface area contributed by atoms with Crippen molar-refractivity contribution in [2.75, 3.05) is 23.4 Å². The number of hydrogen-bond donors (Lipinski definition) is 0. The molecule has 210 valence electrons. The lowest BCUT2D eigenvalue weighted by molar-refractivity contribution is 0.479. The summed E-state index contributed by atoms with van der Waals surface area (Å²) < 4.78 is 81.0. The molecule has 2 aromatic heterocycles. The zero-order valence-corrected chi connectivity index (χ0v) is 23.6. The number of fused-ring (bicyclic) bond motifs is 4. The van der Waals surface area contributed by atoms with Crippen LogP contribution >= 0.6 is 0 Å². The van der Waals surface area contributed by atoms with Crippen LogP contribution in [-0.2, 0) is 5.41 Å². The number of pyridine rings is 1. The molecular weight excluding hydrogens is 516 g/mol. The molecule has 3 heterocycles. The minimum Gasteiger partial charge on any atom is -0.457 e. The lowest BCUT2D eigenvalue weighted by Crippen LogP contribution is -2.24. The van der Waals surface area contributed by atoms with Crippen LogP contribution in [0.25, 0.3) is 27.6 Å². The summed E-state index contributed by atoms with van der Waals surface area (Å²) in [6.07, 6.45) is 1.13. The number of anilines is 3. The minimum absolute atomic E-state index is 0.140. The second-order valence-electron chi connectivity index (χ2n) is 11.7. The molecule has 0 aliphatic carbocycles. The van der Waals surface area contributed by atoms with Gasteiger partial charge in [0.15, 0.2) is 0 Å². The van der Waals surface area contributed by atoms with Gasteiger partial charge in [0.25, 0.3) is 0 Å². The van der Waals surface area contributed by atoms with Crippen LogP contribution in [0.1, 0.15) is 49.8 Å². The highest BCUT2D eigenvalue weighted by atomic mass is 16.5. The van der Waals surface area contributed by atoms with E-state index in [0.717, 1.165) is 39.4 Å². The summed E-state index contributed by atoms with van der Waals surface area (Å²) in [5, 5.41) is 1.78. The molecule has 0 atom stereocenters. The highest BCUT2D eigenvalue weighted by Crippen LogP contribution is 2.43. The summed E-state index contributed by atoms with van der Waals surface area (Å²) in [6.45, 7) is -1.21. The van der Waals surface area contributed by atoms with Crippen molar-refractivity contribution in [1.29, 1.82) is 0 Å². The van der Waals surface area contributed by atoms with E-state index >= 15 is 0 Å². The van der Waals surface area contributed by atoms with Gasteiger partial charge in [0, 0.05) is 54.1 Å². The molecule has 0 amide bonds. The molecule has 0 N–H and O–H groups in total. The molecule has 0 radical (unpaired) electrons. The van der Waals surface area contributed by atoms with Crippen molar-refractivity contribution in [3.05, 3.63) is 114 Å². The molecule has 1 aliphatic heterocycles. The van der Waals surface area contributed by atoms with Gasteiger partial charge < -0.3 is 14.5 Å². The number of benzene rings is 4. The first kappa shape index (κ1) is 17.9. The molecule has 7 rings (SSSR count). The van der Waals surface area contributed by atoms with Crippen molar-refractivity contribution in [3.63, 3.8) is 0 Å². The molecule has 0 unspecified atom stereocenters. The maximum Gasteiger partial charge on any atom is 0.137 e. The van der Waals surface area contributed by atoms with Gasteiger partial charge >= 0.3 is 0 Å². The number of aryl methyl sites for hydroxylation is 2. The van der Waals surface area contributed by atoms with E-state index in [4.69, 9.17) is 17.1 Å². The van der Waals surface area contributed by atoms with Gasteiger partial charge in [-0.1, -0.05) is 51.1 Å². The third-order valence-corrected chi connectivity index (χ3v) is 7.81. The monoisotopic (exact) mass is 561 g/mol. The predicted molar refractivity (Wildman–Crippen MR) is 175 cm³/mol. The summed E-state index contributed by atoms with van der Waals surface area (Å²) in [7, 11) is 0. The van der Waals surface area contributed by atoms with E-state index < -0.39 is 20.7 Å². The summed E-state index contributed by atoms with van der Waals surface area (Å²) in [5.74, 6) is 1.32. The van der Waals surface area contributed by atoms with E-state index in [1.807, 2.05) is 88.3 Å². The van der Waals surface area contributed by atoms with Gasteiger partial charge in [-0.2, -0.15) is 0 Å². The third-order valence-electron chi connectivity index (χ3n) is 7.81. The Morgan fingerprint density at radius 2 is 1.55 bits per heavy atom. The Kier molecular flexibility index (Phi) is 4.12. The Labute approximate surface area is 260 Å². The summed E-state index contributed by atoms with van der Waals surface area (Å²) in [5.41, 5.74) is 3.78. The molecule has 0 saturated heterocycles. The smallest absolute Gasteiger partial charge is 0.137 e. The van der Waals surface area contributed by atoms with Crippen molar-refractivity contribution in [2.45, 2.75) is 39.9 Å². The predicted octanol–water partition coefficient (Wildman–Crippen LogP) is 9.43. The van der Waals surface area contributed by atoms with Crippen LogP contribution < -0.4 is 14.5 Å². The van der Waals surface area contributed by atoms with Crippen molar-refractivity contribution in [2.24, 2.45) is 0 Å². The van der Waals surface area contributed by atoms with Gasteiger partial charge in [-0.05, 0) is 84.3 Å². The zero-order chi connectivity index (χ0) is 36.7. The van der Waals surface area contributed by atoms with E-state index in [9.17, 15) is 0 Å². The zero-order valence-electron chi connectivity index (χ0n) is 32.6. The number of rotatable bonds is 4. The average molecular weight is 562 g/mol. The topological polar surface area (TPSA) is 33.5 Å². The fraction of sp³-hybridized carbons (Fsp3) is 0.216. The Morgan fingerprint density at radius 3 is 2.36 bits per heavy atom. The van der Waals surface area contributed by atoms with Gasteiger partial charge in [-0.25, -0.2) is 4.98 Å². The molecule has 5 heteroatoms. The first-order valence-corrected chi connectivity index (χ1v) is 13.8. The van der Waals surface area contributed by atoms with Gasteiger partial charge in [0.05, 0.1) is 29.1 Å². The van der Waals surface area contributed by atoms with E-state index in [-0.39, 0.29) is 29.0 Å². The van der Waals surface area contributed by atoms with E-state index in [0.29, 0.717) is 22.7 Å². The Bertz CT molecular complexity index is 2300. The maximum atomic E-state index is 8.16. The lowest BCUT2D eigenvalue weighted by atomic mass is 9.86. The molecule has 42 heavy (non-hydrogen) atoms. The van der Waals surface area contributed by atoms with E-state index in [1.54, 1.807) is 0 Å². The molecule has 0 fully saturated rings. The molecule has 0 bridgehead atoms. The first-order valence-electron chi connectivity index (χ1n) is 18.3. The van der Waals surface area contributed by atoms with Crippen LogP contribution in [0.15, 0.2) is 97.2 Å². The largest absolute Gasteiger partial charge is 0.457 e. The highest BCUT2D eigenvalue weighted by Gasteiger charge is 2.26. The molecule has 0 spiro atoms. The van der Waals surface area contributed by atoms with Crippen LogP contribution in [-0.4, -0.2) is 23.2 Å². The third kappa shape index (κ3) is 4.37. The van der Waals surface area contributed by atoms with Gasteiger partial charge in [-0.3, -0.25) is 4.57 Å². The molecule has 1 aliphatic rings. The first-order chi connectivity index (χ1) is 23.8. The lowest BCUT2D eigenvalue weighted by Gasteiger charge is -2.25. The Morgan fingerprint density at radius 1 is 0.762 bits per heavy atom. The summed E-state index contributed by atoms with van der Waals surface area (Å²) >= 11 is 0. The fourth-order valence-corrected chi connectivity index (χ4v) is 5.63. The van der Waals surface area contributed by atoms with Gasteiger partial charge in [0.1, 0.15) is 17.3 Å². The summed E-state index contributed by atoms with van der Waals surface area (Å²) in [6, 6.07) is 28.0. The number of ether oxygens (including phenoxy) is 1. The molecular formula is C37H36N4O. The second-order valence-corrected chi connectivity index (χ2v) is 11.7. The normalized spacial score (nSPS) is 17.4. The van der Waals surface area contributed by atoms with Crippen LogP contribution in [0.5, 0.6) is 11.5 Å².